The molecule has 0 saturated heterocycles. The molecule has 0 aromatic heterocycles. The number of ketones is 1. The summed E-state index contributed by atoms with van der Waals surface area (Å²) in [6, 6.07) is 0. The lowest BCUT2D eigenvalue weighted by Crippen LogP contribution is -2.34. The Morgan fingerprint density at radius 2 is 2.23 bits per heavy atom. The molecular weight excluding hydrogens is 164 g/mol. The van der Waals surface area contributed by atoms with Crippen LogP contribution in [0.5, 0.6) is 0 Å². The maximum absolute atomic E-state index is 11.2. The van der Waals surface area contributed by atoms with Crippen LogP contribution in [-0.4, -0.2) is 17.0 Å². The first-order chi connectivity index (χ1) is 6.18. The van der Waals surface area contributed by atoms with Gasteiger partial charge >= 0.3 is 0 Å². The van der Waals surface area contributed by atoms with Crippen LogP contribution in [0.3, 0.4) is 0 Å². The highest BCUT2D eigenvalue weighted by Gasteiger charge is 2.34. The Hall–Kier alpha value is -0.630. The van der Waals surface area contributed by atoms with Crippen molar-refractivity contribution in [3.8, 4) is 0 Å². The van der Waals surface area contributed by atoms with Crippen LogP contribution in [0.25, 0.3) is 0 Å². The normalized spacial score (nSPS) is 39.7. The molecule has 2 heteroatoms. The van der Waals surface area contributed by atoms with Crippen molar-refractivity contribution in [1.82, 2.24) is 0 Å². The van der Waals surface area contributed by atoms with Crippen LogP contribution < -0.4 is 0 Å². The molecule has 0 heterocycles. The van der Waals surface area contributed by atoms with Crippen molar-refractivity contribution in [3.63, 3.8) is 0 Å². The molecule has 0 aromatic rings. The highest BCUT2D eigenvalue weighted by molar-refractivity contribution is 5.92. The smallest absolute Gasteiger partial charge is 0.158 e. The highest BCUT2D eigenvalue weighted by atomic mass is 16.3. The van der Waals surface area contributed by atoms with E-state index >= 15 is 0 Å². The van der Waals surface area contributed by atoms with Crippen LogP contribution in [0.2, 0.25) is 0 Å². The number of allylic oxidation sites excluding steroid dienone is 1. The molecule has 1 saturated carbocycles. The van der Waals surface area contributed by atoms with Gasteiger partial charge in [0, 0.05) is 12.3 Å². The van der Waals surface area contributed by atoms with E-state index in [9.17, 15) is 9.90 Å². The average molecular weight is 180 g/mol. The third-order valence-corrected chi connectivity index (χ3v) is 3.35. The summed E-state index contributed by atoms with van der Waals surface area (Å²) in [4.78, 5) is 11.2. The van der Waals surface area contributed by atoms with Gasteiger partial charge in [0.1, 0.15) is 0 Å². The summed E-state index contributed by atoms with van der Waals surface area (Å²) >= 11 is 0. The van der Waals surface area contributed by atoms with Crippen molar-refractivity contribution in [2.45, 2.75) is 38.7 Å². The zero-order chi connectivity index (χ0) is 9.42. The molecule has 2 aliphatic rings. The predicted octanol–water partition coefficient (Wildman–Crippen LogP) is 1.68. The molecule has 3 unspecified atom stereocenters. The number of aliphatic hydroxyl groups is 1. The van der Waals surface area contributed by atoms with Crippen molar-refractivity contribution in [2.24, 2.45) is 11.8 Å². The molecule has 0 spiro atoms. The molecule has 0 aliphatic heterocycles. The monoisotopic (exact) mass is 180 g/mol. The van der Waals surface area contributed by atoms with Crippen LogP contribution in [0.4, 0.5) is 0 Å². The Balaban J connectivity index is 2.28. The number of carbonyl (C=O) groups excluding carboxylic acids is 1. The summed E-state index contributed by atoms with van der Waals surface area (Å²) in [5, 5.41) is 9.73. The van der Waals surface area contributed by atoms with Gasteiger partial charge in [0.05, 0.1) is 6.10 Å². The summed E-state index contributed by atoms with van der Waals surface area (Å²) in [6.45, 7) is 2.16. The second-order valence-corrected chi connectivity index (χ2v) is 4.32. The van der Waals surface area contributed by atoms with Crippen LogP contribution in [0.15, 0.2) is 11.6 Å². The minimum atomic E-state index is -0.407. The highest BCUT2D eigenvalue weighted by Crippen LogP contribution is 2.39. The lowest BCUT2D eigenvalue weighted by Gasteiger charge is -2.36. The zero-order valence-corrected chi connectivity index (χ0v) is 7.99. The van der Waals surface area contributed by atoms with E-state index in [-0.39, 0.29) is 11.7 Å². The molecule has 0 aromatic carbocycles. The van der Waals surface area contributed by atoms with Crippen LogP contribution >= 0.6 is 0 Å². The minimum Gasteiger partial charge on any atom is -0.392 e. The summed E-state index contributed by atoms with van der Waals surface area (Å²) in [5.41, 5.74) is 1.20. The summed E-state index contributed by atoms with van der Waals surface area (Å²) in [5.74, 6) is 0.881. The number of carbonyl (C=O) groups is 1. The molecular formula is C11H16O2. The molecule has 3 atom stereocenters. The lowest BCUT2D eigenvalue weighted by molar-refractivity contribution is -0.118. The second kappa shape index (κ2) is 3.26. The Morgan fingerprint density at radius 3 is 3.00 bits per heavy atom. The number of hydrogen-bond donors (Lipinski definition) is 1. The van der Waals surface area contributed by atoms with Crippen molar-refractivity contribution >= 4 is 5.78 Å². The second-order valence-electron chi connectivity index (χ2n) is 4.32. The van der Waals surface area contributed by atoms with Gasteiger partial charge < -0.3 is 5.11 Å². The van der Waals surface area contributed by atoms with E-state index in [1.807, 2.05) is 0 Å². The Morgan fingerprint density at radius 1 is 1.46 bits per heavy atom. The molecule has 2 rings (SSSR count). The molecule has 0 amide bonds. The minimum absolute atomic E-state index is 0.104. The Kier molecular flexibility index (Phi) is 2.24. The molecule has 1 fully saturated rings. The van der Waals surface area contributed by atoms with E-state index < -0.39 is 6.10 Å². The molecule has 13 heavy (non-hydrogen) atoms. The summed E-state index contributed by atoms with van der Waals surface area (Å²) in [7, 11) is 0. The summed E-state index contributed by atoms with van der Waals surface area (Å²) in [6.07, 6.45) is 5.12. The zero-order valence-electron chi connectivity index (χ0n) is 7.99. The molecule has 72 valence electrons. The van der Waals surface area contributed by atoms with Gasteiger partial charge in [-0.05, 0) is 24.8 Å². The van der Waals surface area contributed by atoms with Gasteiger partial charge in [-0.2, -0.15) is 0 Å². The standard InChI is InChI=1S/C11H16O2/c1-7-3-2-4-9-10(7)5-8(12)6-11(9)13/h5,7,9,11,13H,2-4,6H2,1H3. The van der Waals surface area contributed by atoms with Gasteiger partial charge in [0.15, 0.2) is 5.78 Å². The van der Waals surface area contributed by atoms with Crippen molar-refractivity contribution in [2.75, 3.05) is 0 Å². The van der Waals surface area contributed by atoms with Gasteiger partial charge in [-0.25, -0.2) is 0 Å². The van der Waals surface area contributed by atoms with E-state index in [2.05, 4.69) is 6.92 Å². The Bertz CT molecular complexity index is 255. The van der Waals surface area contributed by atoms with Crippen LogP contribution in [0, 0.1) is 11.8 Å². The lowest BCUT2D eigenvalue weighted by atomic mass is 9.71. The van der Waals surface area contributed by atoms with Crippen LogP contribution in [-0.2, 0) is 4.79 Å². The molecule has 2 nitrogen and oxygen atoms in total. The van der Waals surface area contributed by atoms with Gasteiger partial charge in [0.25, 0.3) is 0 Å². The molecule has 2 aliphatic carbocycles. The SMILES string of the molecule is CC1CCCC2C1=CC(=O)CC2O. The first-order valence-electron chi connectivity index (χ1n) is 5.11. The van der Waals surface area contributed by atoms with Crippen LogP contribution in [0.1, 0.15) is 32.6 Å². The third kappa shape index (κ3) is 1.55. The topological polar surface area (TPSA) is 37.3 Å². The van der Waals surface area contributed by atoms with Crippen molar-refractivity contribution in [3.05, 3.63) is 11.6 Å². The van der Waals surface area contributed by atoms with Crippen molar-refractivity contribution < 1.29 is 9.90 Å². The fourth-order valence-corrected chi connectivity index (χ4v) is 2.60. The number of rotatable bonds is 0. The quantitative estimate of drug-likeness (QED) is 0.616. The van der Waals surface area contributed by atoms with E-state index in [1.54, 1.807) is 6.08 Å². The van der Waals surface area contributed by atoms with Crippen molar-refractivity contribution in [1.29, 1.82) is 0 Å². The molecule has 0 bridgehead atoms. The first-order valence-corrected chi connectivity index (χ1v) is 5.11. The Labute approximate surface area is 78.6 Å². The van der Waals surface area contributed by atoms with Gasteiger partial charge in [0.2, 0.25) is 0 Å². The molecule has 1 N–H and O–H groups in total. The fraction of sp³-hybridized carbons (Fsp3) is 0.727. The number of aliphatic hydroxyl groups excluding tert-OH is 1. The van der Waals surface area contributed by atoms with E-state index in [1.165, 1.54) is 18.4 Å². The van der Waals surface area contributed by atoms with E-state index in [0.717, 1.165) is 6.42 Å². The predicted molar refractivity (Wildman–Crippen MR) is 50.2 cm³/mol. The first kappa shape index (κ1) is 8.95. The van der Waals surface area contributed by atoms with Gasteiger partial charge in [-0.3, -0.25) is 4.79 Å². The molecule has 0 radical (unpaired) electrons. The van der Waals surface area contributed by atoms with Gasteiger partial charge in [-0.1, -0.05) is 18.9 Å². The largest absolute Gasteiger partial charge is 0.392 e. The van der Waals surface area contributed by atoms with E-state index in [0.29, 0.717) is 12.3 Å². The van der Waals surface area contributed by atoms with E-state index in [4.69, 9.17) is 0 Å². The number of hydrogen-bond acceptors (Lipinski definition) is 2. The fourth-order valence-electron chi connectivity index (χ4n) is 2.60. The maximum Gasteiger partial charge on any atom is 0.158 e. The number of fused-ring (bicyclic) bond motifs is 1. The van der Waals surface area contributed by atoms with Gasteiger partial charge in [-0.15, -0.1) is 0 Å². The maximum atomic E-state index is 11.2. The average Bonchev–Trinajstić information content (AvgIpc) is 2.07. The summed E-state index contributed by atoms with van der Waals surface area (Å²) < 4.78 is 0. The third-order valence-electron chi connectivity index (χ3n) is 3.35.